The van der Waals surface area contributed by atoms with Crippen molar-refractivity contribution in [1.29, 1.82) is 0 Å². The summed E-state index contributed by atoms with van der Waals surface area (Å²) >= 11 is 0. The first-order valence-electron chi connectivity index (χ1n) is 4.12. The molecule has 0 fully saturated rings. The molecule has 0 atom stereocenters. The van der Waals surface area contributed by atoms with Gasteiger partial charge in [0.05, 0.1) is 24.7 Å². The highest BCUT2D eigenvalue weighted by atomic mass is 16.5. The lowest BCUT2D eigenvalue weighted by Crippen LogP contribution is -2.23. The van der Waals surface area contributed by atoms with E-state index in [2.05, 4.69) is 9.97 Å². The number of rotatable bonds is 2. The highest BCUT2D eigenvalue weighted by molar-refractivity contribution is 5.08. The predicted octanol–water partition coefficient (Wildman–Crippen LogP) is 1.15. The molecule has 4 nitrogen and oxygen atoms in total. The summed E-state index contributed by atoms with van der Waals surface area (Å²) in [7, 11) is 0. The standard InChI is InChI=1S/C9H14N2O2/c1-9(2,3)13-8-5-10-4-7(6-12)11-8/h4-5,12H,6H2,1-3H3. The molecular formula is C9H14N2O2. The largest absolute Gasteiger partial charge is 0.471 e. The second-order valence-corrected chi connectivity index (χ2v) is 3.72. The van der Waals surface area contributed by atoms with Crippen LogP contribution in [0.4, 0.5) is 0 Å². The Labute approximate surface area is 77.6 Å². The van der Waals surface area contributed by atoms with Gasteiger partial charge in [-0.3, -0.25) is 4.98 Å². The zero-order valence-corrected chi connectivity index (χ0v) is 8.11. The SMILES string of the molecule is CC(C)(C)Oc1cncc(CO)n1. The molecule has 0 radical (unpaired) electrons. The van der Waals surface area contributed by atoms with Crippen molar-refractivity contribution in [3.05, 3.63) is 18.1 Å². The van der Waals surface area contributed by atoms with Crippen molar-refractivity contribution >= 4 is 0 Å². The summed E-state index contributed by atoms with van der Waals surface area (Å²) < 4.78 is 5.46. The van der Waals surface area contributed by atoms with Gasteiger partial charge in [-0.1, -0.05) is 0 Å². The molecule has 72 valence electrons. The van der Waals surface area contributed by atoms with E-state index in [0.29, 0.717) is 11.6 Å². The number of aliphatic hydroxyl groups excluding tert-OH is 1. The quantitative estimate of drug-likeness (QED) is 0.745. The molecule has 1 N–H and O–H groups in total. The lowest BCUT2D eigenvalue weighted by Gasteiger charge is -2.19. The molecule has 0 saturated heterocycles. The fourth-order valence-electron chi connectivity index (χ4n) is 0.825. The van der Waals surface area contributed by atoms with Crippen LogP contribution in [0.25, 0.3) is 0 Å². The van der Waals surface area contributed by atoms with Crippen molar-refractivity contribution in [2.45, 2.75) is 33.0 Å². The monoisotopic (exact) mass is 182 g/mol. The number of aliphatic hydroxyl groups is 1. The van der Waals surface area contributed by atoms with Gasteiger partial charge in [0, 0.05) is 0 Å². The highest BCUT2D eigenvalue weighted by Gasteiger charge is 2.12. The van der Waals surface area contributed by atoms with E-state index >= 15 is 0 Å². The third kappa shape index (κ3) is 3.38. The lowest BCUT2D eigenvalue weighted by molar-refractivity contribution is 0.122. The van der Waals surface area contributed by atoms with E-state index < -0.39 is 0 Å². The first-order chi connectivity index (χ1) is 6.01. The van der Waals surface area contributed by atoms with Gasteiger partial charge >= 0.3 is 0 Å². The average Bonchev–Trinajstić information content (AvgIpc) is 2.01. The molecule has 13 heavy (non-hydrogen) atoms. The fourth-order valence-corrected chi connectivity index (χ4v) is 0.825. The van der Waals surface area contributed by atoms with E-state index in [0.717, 1.165) is 0 Å². The summed E-state index contributed by atoms with van der Waals surface area (Å²) in [5, 5.41) is 8.80. The van der Waals surface area contributed by atoms with Gasteiger partial charge in [0.1, 0.15) is 5.60 Å². The minimum absolute atomic E-state index is 0.117. The minimum atomic E-state index is -0.289. The summed E-state index contributed by atoms with van der Waals surface area (Å²) in [5.41, 5.74) is 0.227. The molecule has 0 aliphatic heterocycles. The Hall–Kier alpha value is -1.16. The molecule has 0 unspecified atom stereocenters. The zero-order chi connectivity index (χ0) is 9.90. The molecular weight excluding hydrogens is 168 g/mol. The molecule has 0 aliphatic rings. The van der Waals surface area contributed by atoms with Crippen LogP contribution in [0.15, 0.2) is 12.4 Å². The fraction of sp³-hybridized carbons (Fsp3) is 0.556. The van der Waals surface area contributed by atoms with Crippen molar-refractivity contribution in [1.82, 2.24) is 9.97 Å². The van der Waals surface area contributed by atoms with Crippen LogP contribution in [0.2, 0.25) is 0 Å². The van der Waals surface area contributed by atoms with Gasteiger partial charge < -0.3 is 9.84 Å². The van der Waals surface area contributed by atoms with Crippen LogP contribution in [-0.4, -0.2) is 20.7 Å². The number of hydrogen-bond donors (Lipinski definition) is 1. The molecule has 0 saturated carbocycles. The van der Waals surface area contributed by atoms with Crippen molar-refractivity contribution < 1.29 is 9.84 Å². The van der Waals surface area contributed by atoms with Crippen LogP contribution in [-0.2, 0) is 6.61 Å². The Morgan fingerprint density at radius 3 is 2.62 bits per heavy atom. The van der Waals surface area contributed by atoms with Gasteiger partial charge in [-0.05, 0) is 20.8 Å². The first kappa shape index (κ1) is 9.92. The molecule has 1 aromatic rings. The van der Waals surface area contributed by atoms with Gasteiger partial charge in [0.15, 0.2) is 0 Å². The number of ether oxygens (including phenoxy) is 1. The van der Waals surface area contributed by atoms with Gasteiger partial charge in [-0.15, -0.1) is 0 Å². The Balaban J connectivity index is 2.78. The average molecular weight is 182 g/mol. The number of nitrogens with zero attached hydrogens (tertiary/aromatic N) is 2. The Morgan fingerprint density at radius 2 is 2.08 bits per heavy atom. The molecule has 0 aromatic carbocycles. The third-order valence-corrected chi connectivity index (χ3v) is 1.24. The molecule has 1 rings (SSSR count). The van der Waals surface area contributed by atoms with Crippen LogP contribution in [0.1, 0.15) is 26.5 Å². The molecule has 0 aliphatic carbocycles. The molecule has 0 spiro atoms. The van der Waals surface area contributed by atoms with Gasteiger partial charge in [-0.25, -0.2) is 4.98 Å². The van der Waals surface area contributed by atoms with Gasteiger partial charge in [0.2, 0.25) is 5.88 Å². The Kier molecular flexibility index (Phi) is 2.83. The maximum Gasteiger partial charge on any atom is 0.233 e. The molecule has 0 bridgehead atoms. The Bertz CT molecular complexity index is 281. The van der Waals surface area contributed by atoms with E-state index in [9.17, 15) is 0 Å². The van der Waals surface area contributed by atoms with Crippen LogP contribution in [0.3, 0.4) is 0 Å². The molecule has 1 heterocycles. The summed E-state index contributed by atoms with van der Waals surface area (Å²) in [6.07, 6.45) is 3.04. The second kappa shape index (κ2) is 3.70. The predicted molar refractivity (Wildman–Crippen MR) is 48.3 cm³/mol. The third-order valence-electron chi connectivity index (χ3n) is 1.24. The molecule has 4 heteroatoms. The van der Waals surface area contributed by atoms with Crippen molar-refractivity contribution in [2.75, 3.05) is 0 Å². The van der Waals surface area contributed by atoms with Gasteiger partial charge in [-0.2, -0.15) is 0 Å². The van der Waals surface area contributed by atoms with Crippen molar-refractivity contribution in [3.8, 4) is 5.88 Å². The van der Waals surface area contributed by atoms with E-state index in [1.807, 2.05) is 20.8 Å². The summed E-state index contributed by atoms with van der Waals surface area (Å²) in [6.45, 7) is 5.68. The second-order valence-electron chi connectivity index (χ2n) is 3.72. The van der Waals surface area contributed by atoms with Crippen LogP contribution < -0.4 is 4.74 Å². The van der Waals surface area contributed by atoms with E-state index in [1.54, 1.807) is 0 Å². The molecule has 0 amide bonds. The Morgan fingerprint density at radius 1 is 1.38 bits per heavy atom. The van der Waals surface area contributed by atoms with E-state index in [4.69, 9.17) is 9.84 Å². The highest BCUT2D eigenvalue weighted by Crippen LogP contribution is 2.13. The van der Waals surface area contributed by atoms with Crippen LogP contribution >= 0.6 is 0 Å². The zero-order valence-electron chi connectivity index (χ0n) is 8.11. The van der Waals surface area contributed by atoms with Crippen LogP contribution in [0, 0.1) is 0 Å². The minimum Gasteiger partial charge on any atom is -0.471 e. The lowest BCUT2D eigenvalue weighted by atomic mass is 10.2. The number of hydrogen-bond acceptors (Lipinski definition) is 4. The number of aromatic nitrogens is 2. The van der Waals surface area contributed by atoms with E-state index in [1.165, 1.54) is 12.4 Å². The topological polar surface area (TPSA) is 55.2 Å². The van der Waals surface area contributed by atoms with Crippen molar-refractivity contribution in [3.63, 3.8) is 0 Å². The maximum absolute atomic E-state index is 8.80. The summed E-state index contributed by atoms with van der Waals surface area (Å²) in [4.78, 5) is 7.93. The normalized spacial score (nSPS) is 11.4. The first-order valence-corrected chi connectivity index (χ1v) is 4.12. The van der Waals surface area contributed by atoms with Crippen LogP contribution in [0.5, 0.6) is 5.88 Å². The maximum atomic E-state index is 8.80. The summed E-state index contributed by atoms with van der Waals surface area (Å²) in [5.74, 6) is 0.444. The molecule has 1 aromatic heterocycles. The van der Waals surface area contributed by atoms with Gasteiger partial charge in [0.25, 0.3) is 0 Å². The van der Waals surface area contributed by atoms with Crippen molar-refractivity contribution in [2.24, 2.45) is 0 Å². The summed E-state index contributed by atoms with van der Waals surface area (Å²) in [6, 6.07) is 0. The van der Waals surface area contributed by atoms with E-state index in [-0.39, 0.29) is 12.2 Å². The smallest absolute Gasteiger partial charge is 0.233 e.